The van der Waals surface area contributed by atoms with E-state index >= 15 is 0 Å². The Morgan fingerprint density at radius 2 is 1.77 bits per heavy atom. The van der Waals surface area contributed by atoms with E-state index in [0.29, 0.717) is 22.9 Å². The maximum Gasteiger partial charge on any atom is 0.145 e. The summed E-state index contributed by atoms with van der Waals surface area (Å²) in [4.78, 5) is 16.4. The number of rotatable bonds is 3. The highest BCUT2D eigenvalue weighted by Crippen LogP contribution is 2.30. The Bertz CT molecular complexity index is 1270. The van der Waals surface area contributed by atoms with Gasteiger partial charge in [-0.2, -0.15) is 5.10 Å². The van der Waals surface area contributed by atoms with Crippen LogP contribution in [0.1, 0.15) is 27.2 Å². The second kappa shape index (κ2) is 7.16. The van der Waals surface area contributed by atoms with Gasteiger partial charge in [0, 0.05) is 37.8 Å². The van der Waals surface area contributed by atoms with Gasteiger partial charge in [0.2, 0.25) is 0 Å². The third-order valence-corrected chi connectivity index (χ3v) is 5.51. The second-order valence-corrected chi connectivity index (χ2v) is 9.29. The average Bonchev–Trinajstić information content (AvgIpc) is 3.30. The van der Waals surface area contributed by atoms with Crippen LogP contribution < -0.4 is 10.2 Å². The predicted octanol–water partition coefficient (Wildman–Crippen LogP) is 3.25. The smallest absolute Gasteiger partial charge is 0.145 e. The monoisotopic (exact) mass is 417 g/mol. The largest absolute Gasteiger partial charge is 0.506 e. The van der Waals surface area contributed by atoms with Crippen LogP contribution in [0.15, 0.2) is 36.5 Å². The molecule has 2 N–H and O–H groups in total. The average molecular weight is 418 g/mol. The third-order valence-electron chi connectivity index (χ3n) is 5.51. The van der Waals surface area contributed by atoms with Gasteiger partial charge in [-0.15, -0.1) is 0 Å². The molecule has 0 radical (unpaired) electrons. The summed E-state index contributed by atoms with van der Waals surface area (Å²) in [6.45, 7) is 8.54. The summed E-state index contributed by atoms with van der Waals surface area (Å²) in [6.07, 6.45) is 2.93. The fourth-order valence-corrected chi connectivity index (χ4v) is 4.25. The number of nitrogens with zero attached hydrogens (tertiary/aromatic N) is 6. The van der Waals surface area contributed by atoms with Crippen LogP contribution in [0.2, 0.25) is 0 Å². The molecule has 0 aliphatic carbocycles. The molecule has 160 valence electrons. The van der Waals surface area contributed by atoms with Crippen molar-refractivity contribution in [3.8, 4) is 17.1 Å². The summed E-state index contributed by atoms with van der Waals surface area (Å²) in [5.74, 6) is 1.04. The molecule has 8 heteroatoms. The topological polar surface area (TPSA) is 92.0 Å². The van der Waals surface area contributed by atoms with Crippen LogP contribution in [0.4, 0.5) is 5.82 Å². The first kappa shape index (κ1) is 19.7. The number of pyridine rings is 3. The molecule has 8 nitrogen and oxygen atoms in total. The van der Waals surface area contributed by atoms with Crippen LogP contribution in [0, 0.1) is 0 Å². The van der Waals surface area contributed by atoms with Crippen LogP contribution in [0.3, 0.4) is 0 Å². The van der Waals surface area contributed by atoms with Gasteiger partial charge in [-0.25, -0.2) is 15.0 Å². The lowest BCUT2D eigenvalue weighted by Gasteiger charge is -2.26. The molecular formula is C23H27N7O. The van der Waals surface area contributed by atoms with Gasteiger partial charge in [0.15, 0.2) is 0 Å². The van der Waals surface area contributed by atoms with Crippen LogP contribution in [0.5, 0.6) is 5.75 Å². The molecule has 1 atom stereocenters. The summed E-state index contributed by atoms with van der Waals surface area (Å²) in [6, 6.07) is 9.91. The number of fused-ring (bicyclic) bond motifs is 2. The molecule has 0 amide bonds. The number of aromatic nitrogens is 5. The predicted molar refractivity (Wildman–Crippen MR) is 122 cm³/mol. The van der Waals surface area contributed by atoms with Gasteiger partial charge in [-0.1, -0.05) is 0 Å². The molecule has 1 aliphatic rings. The first-order valence-electron chi connectivity index (χ1n) is 10.6. The molecule has 0 spiro atoms. The highest BCUT2D eigenvalue weighted by Gasteiger charge is 2.26. The minimum absolute atomic E-state index is 0.0667. The van der Waals surface area contributed by atoms with Gasteiger partial charge in [0.1, 0.15) is 28.3 Å². The molecule has 1 aliphatic heterocycles. The molecule has 31 heavy (non-hydrogen) atoms. The molecular weight excluding hydrogens is 390 g/mol. The van der Waals surface area contributed by atoms with Crippen LogP contribution >= 0.6 is 0 Å². The lowest BCUT2D eigenvalue weighted by atomic mass is 10.1. The van der Waals surface area contributed by atoms with E-state index in [-0.39, 0.29) is 11.3 Å². The van der Waals surface area contributed by atoms with Crippen molar-refractivity contribution < 1.29 is 5.11 Å². The minimum atomic E-state index is 0.0667. The minimum Gasteiger partial charge on any atom is -0.506 e. The molecule has 0 aromatic carbocycles. The molecule has 5 heterocycles. The highest BCUT2D eigenvalue weighted by molar-refractivity contribution is 5.83. The van der Waals surface area contributed by atoms with E-state index in [1.807, 2.05) is 37.5 Å². The van der Waals surface area contributed by atoms with Crippen molar-refractivity contribution in [3.05, 3.63) is 36.5 Å². The molecule has 0 saturated carbocycles. The van der Waals surface area contributed by atoms with E-state index in [9.17, 15) is 5.11 Å². The Kier molecular flexibility index (Phi) is 4.55. The van der Waals surface area contributed by atoms with E-state index < -0.39 is 0 Å². The Balaban J connectivity index is 1.43. The van der Waals surface area contributed by atoms with Crippen molar-refractivity contribution in [2.45, 2.75) is 38.8 Å². The SMILES string of the molecule is Cn1cc2nc(-c3ccc4nc(N5CCC(NC(C)(C)C)C5)ccc4n3)c(O)cc2n1. The summed E-state index contributed by atoms with van der Waals surface area (Å²) in [5, 5.41) is 18.4. The molecule has 5 rings (SSSR count). The highest BCUT2D eigenvalue weighted by atomic mass is 16.3. The van der Waals surface area contributed by atoms with E-state index in [2.05, 4.69) is 41.1 Å². The quantitative estimate of drug-likeness (QED) is 0.529. The van der Waals surface area contributed by atoms with E-state index in [1.165, 1.54) is 0 Å². The molecule has 4 aromatic heterocycles. The maximum absolute atomic E-state index is 10.5. The number of hydrogen-bond donors (Lipinski definition) is 2. The first-order chi connectivity index (χ1) is 14.7. The summed E-state index contributed by atoms with van der Waals surface area (Å²) in [5.41, 5.74) is 4.14. The van der Waals surface area contributed by atoms with Crippen molar-refractivity contribution in [2.24, 2.45) is 7.05 Å². The fraction of sp³-hybridized carbons (Fsp3) is 0.391. The van der Waals surface area contributed by atoms with Gasteiger partial charge >= 0.3 is 0 Å². The number of nitrogens with one attached hydrogen (secondary N) is 1. The number of aromatic hydroxyl groups is 1. The first-order valence-corrected chi connectivity index (χ1v) is 10.6. The number of aryl methyl sites for hydroxylation is 1. The summed E-state index contributed by atoms with van der Waals surface area (Å²) in [7, 11) is 1.83. The lowest BCUT2D eigenvalue weighted by molar-refractivity contribution is 0.373. The maximum atomic E-state index is 10.5. The zero-order valence-corrected chi connectivity index (χ0v) is 18.3. The summed E-state index contributed by atoms with van der Waals surface area (Å²) >= 11 is 0. The van der Waals surface area contributed by atoms with Gasteiger partial charge in [-0.3, -0.25) is 4.68 Å². The third kappa shape index (κ3) is 3.90. The van der Waals surface area contributed by atoms with E-state index in [1.54, 1.807) is 10.7 Å². The molecule has 1 fully saturated rings. The number of anilines is 1. The van der Waals surface area contributed by atoms with Gasteiger partial charge in [0.05, 0.1) is 22.9 Å². The lowest BCUT2D eigenvalue weighted by Crippen LogP contribution is -2.44. The molecule has 0 bridgehead atoms. The van der Waals surface area contributed by atoms with E-state index in [0.717, 1.165) is 41.9 Å². The summed E-state index contributed by atoms with van der Waals surface area (Å²) < 4.78 is 1.68. The zero-order chi connectivity index (χ0) is 21.8. The van der Waals surface area contributed by atoms with Gasteiger partial charge in [-0.05, 0) is 51.5 Å². The van der Waals surface area contributed by atoms with Gasteiger partial charge in [0.25, 0.3) is 0 Å². The Morgan fingerprint density at radius 1 is 1.00 bits per heavy atom. The zero-order valence-electron chi connectivity index (χ0n) is 18.3. The van der Waals surface area contributed by atoms with Crippen molar-refractivity contribution in [2.75, 3.05) is 18.0 Å². The van der Waals surface area contributed by atoms with Gasteiger partial charge < -0.3 is 15.3 Å². The Labute approximate surface area is 181 Å². The van der Waals surface area contributed by atoms with Crippen LogP contribution in [-0.4, -0.2) is 54.5 Å². The second-order valence-electron chi connectivity index (χ2n) is 9.29. The molecule has 1 saturated heterocycles. The van der Waals surface area contributed by atoms with Crippen LogP contribution in [-0.2, 0) is 7.05 Å². The molecule has 4 aromatic rings. The van der Waals surface area contributed by atoms with Crippen molar-refractivity contribution >= 4 is 27.9 Å². The standard InChI is InChI=1S/C23H27N7O/c1-23(2,3)27-14-9-10-30(12-14)21-8-7-15-16(25-21)5-6-17(24-15)22-20(31)11-18-19(26-22)13-29(4)28-18/h5-8,11,13-14,27,31H,9-10,12H2,1-4H3. The Hall–Kier alpha value is -3.26. The van der Waals surface area contributed by atoms with E-state index in [4.69, 9.17) is 9.97 Å². The number of hydrogen-bond acceptors (Lipinski definition) is 7. The fourth-order valence-electron chi connectivity index (χ4n) is 4.25. The molecule has 1 unspecified atom stereocenters. The Morgan fingerprint density at radius 3 is 2.58 bits per heavy atom. The van der Waals surface area contributed by atoms with Crippen LogP contribution in [0.25, 0.3) is 33.5 Å². The van der Waals surface area contributed by atoms with Crippen molar-refractivity contribution in [1.82, 2.24) is 30.0 Å². The van der Waals surface area contributed by atoms with Crippen molar-refractivity contribution in [3.63, 3.8) is 0 Å². The normalized spacial score (nSPS) is 17.2. The van der Waals surface area contributed by atoms with Crippen molar-refractivity contribution in [1.29, 1.82) is 0 Å².